The van der Waals surface area contributed by atoms with E-state index >= 15 is 0 Å². The molecule has 0 N–H and O–H groups in total. The van der Waals surface area contributed by atoms with Crippen molar-refractivity contribution in [2.45, 2.75) is 26.3 Å². The van der Waals surface area contributed by atoms with Crippen LogP contribution in [-0.2, 0) is 6.54 Å². The molecular weight excluding hydrogens is 328 g/mol. The maximum atomic E-state index is 12.5. The van der Waals surface area contributed by atoms with Crippen molar-refractivity contribution in [2.24, 2.45) is 5.92 Å². The van der Waals surface area contributed by atoms with Crippen molar-refractivity contribution < 1.29 is 9.32 Å². The average Bonchev–Trinajstić information content (AvgIpc) is 3.31. The van der Waals surface area contributed by atoms with Gasteiger partial charge in [-0.25, -0.2) is 4.98 Å². The van der Waals surface area contributed by atoms with Gasteiger partial charge in [-0.2, -0.15) is 0 Å². The molecule has 0 unspecified atom stereocenters. The molecule has 1 amide bonds. The van der Waals surface area contributed by atoms with E-state index in [1.807, 2.05) is 35.5 Å². The van der Waals surface area contributed by atoms with E-state index in [4.69, 9.17) is 4.52 Å². The number of carbonyl (C=O) groups is 1. The Balaban J connectivity index is 1.38. The van der Waals surface area contributed by atoms with Crippen molar-refractivity contribution in [1.29, 1.82) is 0 Å². The fourth-order valence-electron chi connectivity index (χ4n) is 3.53. The smallest absolute Gasteiger partial charge is 0.276 e. The zero-order valence-corrected chi connectivity index (χ0v) is 14.8. The summed E-state index contributed by atoms with van der Waals surface area (Å²) in [5.74, 6) is 2.17. The van der Waals surface area contributed by atoms with E-state index in [1.165, 1.54) is 0 Å². The first-order valence-corrected chi connectivity index (χ1v) is 9.00. The maximum Gasteiger partial charge on any atom is 0.276 e. The Kier molecular flexibility index (Phi) is 4.56. The highest BCUT2D eigenvalue weighted by atomic mass is 16.5. The molecule has 0 bridgehead atoms. The van der Waals surface area contributed by atoms with E-state index in [9.17, 15) is 4.79 Å². The normalized spacial score (nSPS) is 15.3. The summed E-state index contributed by atoms with van der Waals surface area (Å²) in [7, 11) is 0. The van der Waals surface area contributed by atoms with Crippen LogP contribution < -0.4 is 0 Å². The van der Waals surface area contributed by atoms with Gasteiger partial charge < -0.3 is 14.0 Å². The van der Waals surface area contributed by atoms with Gasteiger partial charge in [-0.15, -0.1) is 0 Å². The summed E-state index contributed by atoms with van der Waals surface area (Å²) in [5, 5.41) is 3.84. The lowest BCUT2D eigenvalue weighted by Gasteiger charge is -2.31. The van der Waals surface area contributed by atoms with Gasteiger partial charge in [0.1, 0.15) is 11.6 Å². The first-order valence-electron chi connectivity index (χ1n) is 9.00. The van der Waals surface area contributed by atoms with Crippen LogP contribution >= 0.6 is 0 Å². The van der Waals surface area contributed by atoms with Crippen LogP contribution in [0.15, 0.2) is 53.3 Å². The standard InChI is InChI=1S/C20H22N4O2/c1-15-13-18(22-26-15)20(25)23-10-7-16(8-11-23)14-24-12-9-21-19(24)17-5-3-2-4-6-17/h2-6,9,12-13,16H,7-8,10-11,14H2,1H3. The second kappa shape index (κ2) is 7.15. The summed E-state index contributed by atoms with van der Waals surface area (Å²) >= 11 is 0. The van der Waals surface area contributed by atoms with Crippen molar-refractivity contribution in [2.75, 3.05) is 13.1 Å². The number of piperidine rings is 1. The first kappa shape index (κ1) is 16.6. The van der Waals surface area contributed by atoms with Crippen molar-refractivity contribution >= 4 is 5.91 Å². The highest BCUT2D eigenvalue weighted by Crippen LogP contribution is 2.24. The highest BCUT2D eigenvalue weighted by Gasteiger charge is 2.26. The third-order valence-electron chi connectivity index (χ3n) is 4.95. The Morgan fingerprint density at radius 1 is 1.23 bits per heavy atom. The monoisotopic (exact) mass is 350 g/mol. The molecule has 1 saturated heterocycles. The minimum Gasteiger partial charge on any atom is -0.361 e. The van der Waals surface area contributed by atoms with Crippen molar-refractivity contribution in [1.82, 2.24) is 19.6 Å². The molecule has 1 fully saturated rings. The number of aromatic nitrogens is 3. The molecule has 4 rings (SSSR count). The van der Waals surface area contributed by atoms with Gasteiger partial charge in [-0.3, -0.25) is 4.79 Å². The third kappa shape index (κ3) is 3.40. The first-order chi connectivity index (χ1) is 12.7. The van der Waals surface area contributed by atoms with Crippen LogP contribution in [0, 0.1) is 12.8 Å². The minimum absolute atomic E-state index is 0.0343. The van der Waals surface area contributed by atoms with Gasteiger partial charge in [0, 0.05) is 43.7 Å². The molecule has 26 heavy (non-hydrogen) atoms. The predicted octanol–water partition coefficient (Wildman–Crippen LogP) is 3.40. The number of rotatable bonds is 4. The number of likely N-dealkylation sites (tertiary alicyclic amines) is 1. The molecule has 0 atom stereocenters. The quantitative estimate of drug-likeness (QED) is 0.723. The second-order valence-electron chi connectivity index (χ2n) is 6.83. The Morgan fingerprint density at radius 3 is 2.69 bits per heavy atom. The molecule has 0 aliphatic carbocycles. The van der Waals surface area contributed by atoms with Gasteiger partial charge in [0.2, 0.25) is 0 Å². The van der Waals surface area contributed by atoms with Crippen LogP contribution in [0.4, 0.5) is 0 Å². The predicted molar refractivity (Wildman–Crippen MR) is 97.5 cm³/mol. The Bertz CT molecular complexity index is 876. The highest BCUT2D eigenvalue weighted by molar-refractivity contribution is 5.92. The number of nitrogens with zero attached hydrogens (tertiary/aromatic N) is 4. The summed E-state index contributed by atoms with van der Waals surface area (Å²) in [6.07, 6.45) is 5.86. The molecule has 0 saturated carbocycles. The lowest BCUT2D eigenvalue weighted by atomic mass is 9.96. The average molecular weight is 350 g/mol. The Hall–Kier alpha value is -2.89. The SMILES string of the molecule is Cc1cc(C(=O)N2CCC(Cn3ccnc3-c3ccccc3)CC2)no1. The largest absolute Gasteiger partial charge is 0.361 e. The number of imidazole rings is 1. The summed E-state index contributed by atoms with van der Waals surface area (Å²) in [6.45, 7) is 4.23. The van der Waals surface area contributed by atoms with Crippen molar-refractivity contribution in [3.63, 3.8) is 0 Å². The molecule has 1 aliphatic rings. The summed E-state index contributed by atoms with van der Waals surface area (Å²) < 4.78 is 7.24. The molecule has 6 nitrogen and oxygen atoms in total. The number of amides is 1. The van der Waals surface area contributed by atoms with Gasteiger partial charge in [0.15, 0.2) is 5.69 Å². The Labute approximate surface area is 152 Å². The third-order valence-corrected chi connectivity index (χ3v) is 4.95. The number of hydrogen-bond donors (Lipinski definition) is 0. The molecule has 2 aromatic heterocycles. The molecule has 3 aromatic rings. The van der Waals surface area contributed by atoms with Gasteiger partial charge in [0.25, 0.3) is 5.91 Å². The second-order valence-corrected chi connectivity index (χ2v) is 6.83. The van der Waals surface area contributed by atoms with Crippen molar-refractivity contribution in [3.05, 3.63) is 60.2 Å². The van der Waals surface area contributed by atoms with Crippen molar-refractivity contribution in [3.8, 4) is 11.4 Å². The fourth-order valence-corrected chi connectivity index (χ4v) is 3.53. The van der Waals surface area contributed by atoms with Gasteiger partial charge >= 0.3 is 0 Å². The summed E-state index contributed by atoms with van der Waals surface area (Å²) in [5.41, 5.74) is 1.54. The van der Waals surface area contributed by atoms with Crippen LogP contribution in [0.2, 0.25) is 0 Å². The maximum absolute atomic E-state index is 12.5. The molecule has 6 heteroatoms. The van der Waals surface area contributed by atoms with Gasteiger partial charge in [-0.05, 0) is 25.7 Å². The van der Waals surface area contributed by atoms with Crippen LogP contribution in [0.25, 0.3) is 11.4 Å². The van der Waals surface area contributed by atoms with E-state index in [0.29, 0.717) is 17.4 Å². The van der Waals surface area contributed by atoms with Crippen LogP contribution in [0.1, 0.15) is 29.1 Å². The lowest BCUT2D eigenvalue weighted by Crippen LogP contribution is -2.39. The number of hydrogen-bond acceptors (Lipinski definition) is 4. The zero-order chi connectivity index (χ0) is 17.9. The van der Waals surface area contributed by atoms with E-state index in [2.05, 4.69) is 26.8 Å². The topological polar surface area (TPSA) is 64.2 Å². The molecule has 3 heterocycles. The molecule has 1 aromatic carbocycles. The molecule has 0 spiro atoms. The number of benzene rings is 1. The van der Waals surface area contributed by atoms with E-state index in [0.717, 1.165) is 43.9 Å². The van der Waals surface area contributed by atoms with E-state index < -0.39 is 0 Å². The summed E-state index contributed by atoms with van der Waals surface area (Å²) in [4.78, 5) is 18.9. The van der Waals surface area contributed by atoms with E-state index in [1.54, 1.807) is 13.0 Å². The lowest BCUT2D eigenvalue weighted by molar-refractivity contribution is 0.0672. The Morgan fingerprint density at radius 2 is 2.00 bits per heavy atom. The van der Waals surface area contributed by atoms with Gasteiger partial charge in [0.05, 0.1) is 0 Å². The van der Waals surface area contributed by atoms with Crippen LogP contribution in [0.3, 0.4) is 0 Å². The number of carbonyl (C=O) groups excluding carboxylic acids is 1. The van der Waals surface area contributed by atoms with E-state index in [-0.39, 0.29) is 5.91 Å². The summed E-state index contributed by atoms with van der Waals surface area (Å²) in [6, 6.07) is 11.9. The fraction of sp³-hybridized carbons (Fsp3) is 0.350. The zero-order valence-electron chi connectivity index (χ0n) is 14.8. The molecule has 1 aliphatic heterocycles. The molecular formula is C20H22N4O2. The van der Waals surface area contributed by atoms with Gasteiger partial charge in [-0.1, -0.05) is 35.5 Å². The molecule has 0 radical (unpaired) electrons. The van der Waals surface area contributed by atoms with Crippen LogP contribution in [0.5, 0.6) is 0 Å². The molecule has 134 valence electrons. The number of aryl methyl sites for hydroxylation is 1. The minimum atomic E-state index is -0.0343. The van der Waals surface area contributed by atoms with Crippen LogP contribution in [-0.4, -0.2) is 38.6 Å².